The first-order chi connectivity index (χ1) is 23.4. The lowest BCUT2D eigenvalue weighted by Crippen LogP contribution is -2.25. The highest BCUT2D eigenvalue weighted by atomic mass is 32.2. The predicted octanol–water partition coefficient (Wildman–Crippen LogP) is 5.54. The number of rotatable bonds is 8. The first-order valence-electron chi connectivity index (χ1n) is 16.1. The van der Waals surface area contributed by atoms with Gasteiger partial charge in [-0.1, -0.05) is 48.5 Å². The van der Waals surface area contributed by atoms with Crippen molar-refractivity contribution >= 4 is 37.5 Å². The van der Waals surface area contributed by atoms with Crippen molar-refractivity contribution in [1.82, 2.24) is 0 Å². The van der Waals surface area contributed by atoms with Crippen LogP contribution in [0.25, 0.3) is 0 Å². The number of carbonyl (C=O) groups excluding carboxylic acids is 1. The Balaban J connectivity index is 0.000000192. The van der Waals surface area contributed by atoms with E-state index in [1.807, 2.05) is 6.07 Å². The first kappa shape index (κ1) is 35.5. The number of carboxylic acid groups (broad SMARTS) is 1. The molecule has 0 unspecified atom stereocenters. The van der Waals surface area contributed by atoms with Gasteiger partial charge in [-0.25, -0.2) is 16.8 Å². The Morgan fingerprint density at radius 3 is 1.47 bits per heavy atom. The van der Waals surface area contributed by atoms with Crippen LogP contribution in [0.15, 0.2) is 122 Å². The molecule has 10 nitrogen and oxygen atoms in total. The van der Waals surface area contributed by atoms with E-state index in [9.17, 15) is 26.4 Å². The number of sulfone groups is 2. The van der Waals surface area contributed by atoms with Crippen LogP contribution >= 0.6 is 0 Å². The highest BCUT2D eigenvalue weighted by molar-refractivity contribution is 7.91. The second-order valence-electron chi connectivity index (χ2n) is 12.3. The first-order valence-corrected chi connectivity index (χ1v) is 19.0. The number of aliphatic imine (C=N–C) groups is 1. The highest BCUT2D eigenvalue weighted by Gasteiger charge is 2.27. The van der Waals surface area contributed by atoms with E-state index in [0.29, 0.717) is 0 Å². The number of fused-ring (bicyclic) bond motifs is 2. The van der Waals surface area contributed by atoms with E-state index in [1.54, 1.807) is 91.0 Å². The maximum Gasteiger partial charge on any atom is 0.303 e. The minimum absolute atomic E-state index is 0.00262. The molecule has 0 spiro atoms. The number of aliphatic carboxylic acids is 1. The number of nitrogens with two attached hydrogens (primary N) is 2. The molecule has 2 aliphatic carbocycles. The number of hydrogen-bond donors (Lipinski definition) is 3. The van der Waals surface area contributed by atoms with Crippen LogP contribution in [0.5, 0.6) is 0 Å². The summed E-state index contributed by atoms with van der Waals surface area (Å²) in [6.07, 6.45) is 5.37. The van der Waals surface area contributed by atoms with Crippen molar-refractivity contribution in [2.45, 2.75) is 82.8 Å². The molecule has 2 aliphatic rings. The third-order valence-electron chi connectivity index (χ3n) is 8.93. The van der Waals surface area contributed by atoms with Crippen molar-refractivity contribution in [2.24, 2.45) is 16.5 Å². The van der Waals surface area contributed by atoms with Gasteiger partial charge in [-0.2, -0.15) is 4.99 Å². The average Bonchev–Trinajstić information content (AvgIpc) is 3.08. The van der Waals surface area contributed by atoms with E-state index in [-0.39, 0.29) is 56.1 Å². The highest BCUT2D eigenvalue weighted by Crippen LogP contribution is 2.37. The third-order valence-corrected chi connectivity index (χ3v) is 12.5. The van der Waals surface area contributed by atoms with E-state index in [4.69, 9.17) is 16.6 Å². The van der Waals surface area contributed by atoms with Crippen LogP contribution < -0.4 is 11.5 Å². The van der Waals surface area contributed by atoms with E-state index in [0.717, 1.165) is 60.8 Å². The van der Waals surface area contributed by atoms with E-state index >= 15 is 0 Å². The topological polar surface area (TPSA) is 187 Å². The van der Waals surface area contributed by atoms with Crippen LogP contribution in [0.4, 0.5) is 0 Å². The Morgan fingerprint density at radius 1 is 0.633 bits per heavy atom. The monoisotopic (exact) mass is 701 g/mol. The molecule has 0 aromatic heterocycles. The van der Waals surface area contributed by atoms with Crippen molar-refractivity contribution in [1.29, 1.82) is 0 Å². The average molecular weight is 702 g/mol. The number of hydrogen-bond acceptors (Lipinski definition) is 6. The van der Waals surface area contributed by atoms with Crippen LogP contribution in [-0.2, 0) is 42.1 Å². The van der Waals surface area contributed by atoms with Crippen LogP contribution in [0.2, 0.25) is 0 Å². The Bertz CT molecular complexity index is 2080. The zero-order valence-electron chi connectivity index (χ0n) is 26.9. The molecule has 0 bridgehead atoms. The van der Waals surface area contributed by atoms with Crippen molar-refractivity contribution in [3.63, 3.8) is 0 Å². The SMILES string of the molecule is NC(N)=NC(=O)C[C@@H]1CCCc2cc(S(=O)(=O)c3ccccc3)ccc21.O=C(O)C[C@@H]1CCCc2cc(S(=O)(=O)c3ccccc3)ccc21. The lowest BCUT2D eigenvalue weighted by molar-refractivity contribution is -0.137. The molecule has 256 valence electrons. The van der Waals surface area contributed by atoms with E-state index < -0.39 is 25.6 Å². The predicted molar refractivity (Wildman–Crippen MR) is 186 cm³/mol. The largest absolute Gasteiger partial charge is 0.481 e. The Morgan fingerprint density at radius 2 is 1.06 bits per heavy atom. The summed E-state index contributed by atoms with van der Waals surface area (Å²) in [5.74, 6) is -1.43. The van der Waals surface area contributed by atoms with Crippen LogP contribution in [0.3, 0.4) is 0 Å². The number of carboxylic acids is 1. The van der Waals surface area contributed by atoms with Crippen molar-refractivity contribution in [3.8, 4) is 0 Å². The number of carbonyl (C=O) groups is 2. The molecule has 4 aromatic carbocycles. The van der Waals surface area contributed by atoms with Crippen molar-refractivity contribution < 1.29 is 31.5 Å². The Hall–Kier alpha value is -4.81. The van der Waals surface area contributed by atoms with Crippen molar-refractivity contribution in [3.05, 3.63) is 119 Å². The fourth-order valence-corrected chi connectivity index (χ4v) is 9.29. The molecule has 2 atom stereocenters. The van der Waals surface area contributed by atoms with Gasteiger partial charge in [0.15, 0.2) is 5.96 Å². The minimum Gasteiger partial charge on any atom is -0.481 e. The lowest BCUT2D eigenvalue weighted by atomic mass is 9.81. The molecular formula is C37H39N3O7S2. The molecule has 49 heavy (non-hydrogen) atoms. The van der Waals surface area contributed by atoms with Gasteiger partial charge in [-0.3, -0.25) is 9.59 Å². The standard InChI is InChI=1S/C19H21N3O3S.C18H18O4S/c20-19(21)22-18(23)12-14-6-4-5-13-11-16(9-10-17(13)14)26(24,25)15-7-2-1-3-8-15;19-18(20)12-14-6-4-5-13-11-16(9-10-17(13)14)23(21,22)15-7-2-1-3-8-15/h1-3,7-11,14H,4-6,12H2,(H4,20,21,22,23);1-3,7-11,14H,4-6,12H2,(H,19,20)/t2*14-/m00/s1. The number of guanidine groups is 1. The van der Waals surface area contributed by atoms with Gasteiger partial charge in [0.25, 0.3) is 0 Å². The summed E-state index contributed by atoms with van der Waals surface area (Å²) in [7, 11) is -7.08. The summed E-state index contributed by atoms with van der Waals surface area (Å²) in [6, 6.07) is 27.0. The number of aryl methyl sites for hydroxylation is 2. The number of amides is 1. The summed E-state index contributed by atoms with van der Waals surface area (Å²) >= 11 is 0. The van der Waals surface area contributed by atoms with E-state index in [2.05, 4.69) is 4.99 Å². The molecule has 1 amide bonds. The molecule has 0 saturated heterocycles. The minimum atomic E-state index is -3.55. The smallest absolute Gasteiger partial charge is 0.303 e. The molecule has 0 heterocycles. The maximum atomic E-state index is 12.8. The molecule has 0 radical (unpaired) electrons. The van der Waals surface area contributed by atoms with Gasteiger partial charge in [0.05, 0.1) is 26.0 Å². The Labute approximate surface area is 286 Å². The molecular weight excluding hydrogens is 663 g/mol. The molecule has 0 aliphatic heterocycles. The molecule has 12 heteroatoms. The summed E-state index contributed by atoms with van der Waals surface area (Å²) in [5.41, 5.74) is 14.4. The zero-order valence-corrected chi connectivity index (χ0v) is 28.5. The van der Waals surface area contributed by atoms with Crippen LogP contribution in [0, 0.1) is 0 Å². The van der Waals surface area contributed by atoms with E-state index in [1.165, 1.54) is 0 Å². The van der Waals surface area contributed by atoms with Gasteiger partial charge in [0.1, 0.15) is 0 Å². The third kappa shape index (κ3) is 8.44. The normalized spacial score (nSPS) is 17.0. The maximum absolute atomic E-state index is 12.8. The molecule has 4 aromatic rings. The van der Waals surface area contributed by atoms with Gasteiger partial charge >= 0.3 is 5.97 Å². The van der Waals surface area contributed by atoms with Gasteiger partial charge in [-0.15, -0.1) is 0 Å². The van der Waals surface area contributed by atoms with Crippen molar-refractivity contribution in [2.75, 3.05) is 0 Å². The molecule has 5 N–H and O–H groups in total. The summed E-state index contributed by atoms with van der Waals surface area (Å²) in [4.78, 5) is 27.6. The quantitative estimate of drug-likeness (QED) is 0.157. The molecule has 0 fully saturated rings. The summed E-state index contributed by atoms with van der Waals surface area (Å²) < 4.78 is 51.0. The summed E-state index contributed by atoms with van der Waals surface area (Å²) in [6.45, 7) is 0. The van der Waals surface area contributed by atoms with Gasteiger partial charge in [-0.05, 0) is 121 Å². The van der Waals surface area contributed by atoms with Gasteiger partial charge < -0.3 is 16.6 Å². The van der Waals surface area contributed by atoms with Gasteiger partial charge in [0, 0.05) is 6.42 Å². The molecule has 6 rings (SSSR count). The zero-order chi connectivity index (χ0) is 35.2. The second-order valence-corrected chi connectivity index (χ2v) is 16.2. The fourth-order valence-electron chi connectivity index (χ4n) is 6.62. The van der Waals surface area contributed by atoms with Gasteiger partial charge in [0.2, 0.25) is 25.6 Å². The fraction of sp³-hybridized carbons (Fsp3) is 0.270. The molecule has 0 saturated carbocycles. The summed E-state index contributed by atoms with van der Waals surface area (Å²) in [5, 5.41) is 9.03. The Kier molecular flexibility index (Phi) is 11.0. The van der Waals surface area contributed by atoms with Crippen LogP contribution in [-0.4, -0.2) is 39.8 Å². The second kappa shape index (κ2) is 15.2. The lowest BCUT2D eigenvalue weighted by Gasteiger charge is -2.25. The van der Waals surface area contributed by atoms with Crippen LogP contribution in [0.1, 0.15) is 72.6 Å². The number of benzene rings is 4. The number of nitrogens with zero attached hydrogens (tertiary/aromatic N) is 1.